The predicted molar refractivity (Wildman–Crippen MR) is 69.5 cm³/mol. The monoisotopic (exact) mass is 256 g/mol. The molecule has 0 fully saturated rings. The Morgan fingerprint density at radius 1 is 1.06 bits per heavy atom. The number of carbonyl (C=O) groups excluding carboxylic acids is 2. The van der Waals surface area contributed by atoms with Crippen molar-refractivity contribution in [2.45, 2.75) is 53.4 Å². The number of hydrogen-bond acceptors (Lipinski definition) is 4. The first-order chi connectivity index (χ1) is 8.47. The summed E-state index contributed by atoms with van der Waals surface area (Å²) in [5.74, 6) is 0.100. The van der Waals surface area contributed by atoms with Crippen molar-refractivity contribution in [3.05, 3.63) is 12.5 Å². The van der Waals surface area contributed by atoms with Gasteiger partial charge in [-0.1, -0.05) is 34.1 Å². The van der Waals surface area contributed by atoms with Crippen LogP contribution in [0.4, 0.5) is 0 Å². The van der Waals surface area contributed by atoms with Crippen molar-refractivity contribution >= 4 is 11.9 Å². The molecule has 1 unspecified atom stereocenters. The van der Waals surface area contributed by atoms with E-state index in [9.17, 15) is 9.59 Å². The van der Waals surface area contributed by atoms with Gasteiger partial charge in [0.05, 0.1) is 0 Å². The first-order valence-electron chi connectivity index (χ1n) is 6.51. The summed E-state index contributed by atoms with van der Waals surface area (Å²) in [6.45, 7) is 8.12. The first kappa shape index (κ1) is 16.7. The van der Waals surface area contributed by atoms with E-state index in [0.717, 1.165) is 25.4 Å². The summed E-state index contributed by atoms with van der Waals surface area (Å²) in [4.78, 5) is 22.5. The smallest absolute Gasteiger partial charge is 0.310 e. The van der Waals surface area contributed by atoms with Gasteiger partial charge in [0.2, 0.25) is 0 Å². The molecule has 0 aliphatic carbocycles. The van der Waals surface area contributed by atoms with E-state index in [1.54, 1.807) is 0 Å². The van der Waals surface area contributed by atoms with Crippen LogP contribution in [0.2, 0.25) is 0 Å². The molecule has 0 amide bonds. The summed E-state index contributed by atoms with van der Waals surface area (Å²) in [6, 6.07) is 0. The van der Waals surface area contributed by atoms with Crippen molar-refractivity contribution < 1.29 is 19.1 Å². The summed E-state index contributed by atoms with van der Waals surface area (Å²) in [5.41, 5.74) is 0. The van der Waals surface area contributed by atoms with Crippen LogP contribution in [0.25, 0.3) is 0 Å². The molecule has 0 aromatic rings. The number of ether oxygens (including phenoxy) is 2. The highest BCUT2D eigenvalue weighted by molar-refractivity contribution is 5.71. The van der Waals surface area contributed by atoms with Crippen molar-refractivity contribution in [2.75, 3.05) is 0 Å². The van der Waals surface area contributed by atoms with Crippen LogP contribution >= 0.6 is 0 Å². The summed E-state index contributed by atoms with van der Waals surface area (Å²) in [7, 11) is 0. The van der Waals surface area contributed by atoms with E-state index in [1.807, 2.05) is 13.8 Å². The Morgan fingerprint density at radius 2 is 1.61 bits per heavy atom. The second-order valence-electron chi connectivity index (χ2n) is 4.78. The van der Waals surface area contributed by atoms with Gasteiger partial charge in [-0.05, 0) is 18.3 Å². The Balaban J connectivity index is 3.75. The summed E-state index contributed by atoms with van der Waals surface area (Å²) < 4.78 is 9.57. The highest BCUT2D eigenvalue weighted by atomic mass is 16.6. The standard InChI is InChI=1S/C14H24O4/c1-5-6-7-13(15)17-8-9-18-14(16)10-12(4)11(2)3/h8-9,11-12H,5-7,10H2,1-4H3/b9-8-. The van der Waals surface area contributed by atoms with Gasteiger partial charge in [-0.3, -0.25) is 9.59 Å². The third kappa shape index (κ3) is 8.79. The minimum atomic E-state index is -0.308. The fraction of sp³-hybridized carbons (Fsp3) is 0.714. The van der Waals surface area contributed by atoms with Gasteiger partial charge in [0.1, 0.15) is 12.5 Å². The SMILES string of the molecule is CCCCC(=O)O/C=C\OC(=O)CC(C)C(C)C. The van der Waals surface area contributed by atoms with Crippen molar-refractivity contribution in [3.63, 3.8) is 0 Å². The molecule has 0 radical (unpaired) electrons. The number of rotatable bonds is 8. The lowest BCUT2D eigenvalue weighted by atomic mass is 9.95. The molecule has 0 heterocycles. The van der Waals surface area contributed by atoms with E-state index in [2.05, 4.69) is 13.8 Å². The molecule has 0 aromatic carbocycles. The Bertz CT molecular complexity index is 282. The van der Waals surface area contributed by atoms with Crippen LogP contribution in [0.3, 0.4) is 0 Å². The van der Waals surface area contributed by atoms with Gasteiger partial charge < -0.3 is 9.47 Å². The molecule has 18 heavy (non-hydrogen) atoms. The van der Waals surface area contributed by atoms with E-state index in [0.29, 0.717) is 18.8 Å². The number of carbonyl (C=O) groups is 2. The fourth-order valence-electron chi connectivity index (χ4n) is 1.13. The van der Waals surface area contributed by atoms with Crippen LogP contribution in [0.15, 0.2) is 12.5 Å². The van der Waals surface area contributed by atoms with Crippen LogP contribution in [0.5, 0.6) is 0 Å². The van der Waals surface area contributed by atoms with Gasteiger partial charge in [0, 0.05) is 12.8 Å². The molecule has 1 atom stereocenters. The minimum Gasteiger partial charge on any atom is -0.431 e. The highest BCUT2D eigenvalue weighted by Crippen LogP contribution is 2.14. The molecule has 4 nitrogen and oxygen atoms in total. The zero-order chi connectivity index (χ0) is 14.0. The summed E-state index contributed by atoms with van der Waals surface area (Å²) >= 11 is 0. The van der Waals surface area contributed by atoms with Gasteiger partial charge in [-0.15, -0.1) is 0 Å². The third-order valence-corrected chi connectivity index (χ3v) is 2.82. The number of esters is 2. The average molecular weight is 256 g/mol. The Morgan fingerprint density at radius 3 is 2.11 bits per heavy atom. The quantitative estimate of drug-likeness (QED) is 0.493. The van der Waals surface area contributed by atoms with E-state index < -0.39 is 0 Å². The van der Waals surface area contributed by atoms with Crippen LogP contribution < -0.4 is 0 Å². The van der Waals surface area contributed by atoms with Gasteiger partial charge in [-0.25, -0.2) is 0 Å². The molecule has 4 heteroatoms. The molecule has 0 N–H and O–H groups in total. The van der Waals surface area contributed by atoms with Gasteiger partial charge in [-0.2, -0.15) is 0 Å². The maximum absolute atomic E-state index is 11.4. The van der Waals surface area contributed by atoms with Crippen LogP contribution in [0.1, 0.15) is 53.4 Å². The summed E-state index contributed by atoms with van der Waals surface area (Å²) in [6.07, 6.45) is 4.75. The predicted octanol–water partition coefficient (Wildman–Crippen LogP) is 3.42. The maximum atomic E-state index is 11.4. The lowest BCUT2D eigenvalue weighted by Gasteiger charge is -2.12. The molecular weight excluding hydrogens is 232 g/mol. The van der Waals surface area contributed by atoms with E-state index >= 15 is 0 Å². The van der Waals surface area contributed by atoms with Crippen LogP contribution in [-0.4, -0.2) is 11.9 Å². The third-order valence-electron chi connectivity index (χ3n) is 2.82. The maximum Gasteiger partial charge on any atom is 0.310 e. The normalized spacial score (nSPS) is 12.7. The molecule has 0 saturated carbocycles. The number of hydrogen-bond donors (Lipinski definition) is 0. The molecule has 0 saturated heterocycles. The Labute approximate surface area is 109 Å². The first-order valence-corrected chi connectivity index (χ1v) is 6.51. The minimum absolute atomic E-state index is 0.276. The lowest BCUT2D eigenvalue weighted by molar-refractivity contribution is -0.142. The fourth-order valence-corrected chi connectivity index (χ4v) is 1.13. The molecule has 0 spiro atoms. The second-order valence-corrected chi connectivity index (χ2v) is 4.78. The second kappa shape index (κ2) is 9.68. The van der Waals surface area contributed by atoms with Crippen molar-refractivity contribution in [1.29, 1.82) is 0 Å². The Hall–Kier alpha value is -1.32. The van der Waals surface area contributed by atoms with Gasteiger partial charge >= 0.3 is 11.9 Å². The van der Waals surface area contributed by atoms with E-state index in [1.165, 1.54) is 0 Å². The van der Waals surface area contributed by atoms with Crippen LogP contribution in [0, 0.1) is 11.8 Å². The van der Waals surface area contributed by atoms with Gasteiger partial charge in [0.15, 0.2) is 0 Å². The lowest BCUT2D eigenvalue weighted by Crippen LogP contribution is -2.11. The average Bonchev–Trinajstić information content (AvgIpc) is 2.31. The zero-order valence-electron chi connectivity index (χ0n) is 11.8. The topological polar surface area (TPSA) is 52.6 Å². The molecule has 104 valence electrons. The van der Waals surface area contributed by atoms with E-state index in [4.69, 9.17) is 9.47 Å². The van der Waals surface area contributed by atoms with Crippen molar-refractivity contribution in [3.8, 4) is 0 Å². The molecule has 0 aromatic heterocycles. The molecule has 0 aliphatic rings. The zero-order valence-corrected chi connectivity index (χ0v) is 11.8. The van der Waals surface area contributed by atoms with E-state index in [-0.39, 0.29) is 17.9 Å². The largest absolute Gasteiger partial charge is 0.431 e. The molecule has 0 bridgehead atoms. The molecule has 0 aliphatic heterocycles. The van der Waals surface area contributed by atoms with Crippen LogP contribution in [-0.2, 0) is 19.1 Å². The molecule has 0 rings (SSSR count). The summed E-state index contributed by atoms with van der Waals surface area (Å²) in [5, 5.41) is 0. The van der Waals surface area contributed by atoms with Gasteiger partial charge in [0.25, 0.3) is 0 Å². The highest BCUT2D eigenvalue weighted by Gasteiger charge is 2.12. The molecular formula is C14H24O4. The van der Waals surface area contributed by atoms with Crippen molar-refractivity contribution in [2.24, 2.45) is 11.8 Å². The Kier molecular flexibility index (Phi) is 8.97. The number of unbranched alkanes of at least 4 members (excludes halogenated alkanes) is 1. The van der Waals surface area contributed by atoms with Crippen molar-refractivity contribution in [1.82, 2.24) is 0 Å².